The average molecular weight is 303 g/mol. The van der Waals surface area contributed by atoms with Gasteiger partial charge in [-0.3, -0.25) is 9.48 Å². The molecule has 2 heterocycles. The summed E-state index contributed by atoms with van der Waals surface area (Å²) < 4.78 is 12.8. The van der Waals surface area contributed by atoms with Gasteiger partial charge in [0.1, 0.15) is 0 Å². The average Bonchev–Trinajstić information content (AvgIpc) is 2.89. The molecule has 118 valence electrons. The van der Waals surface area contributed by atoms with Gasteiger partial charge in [-0.1, -0.05) is 12.1 Å². The molecule has 1 aliphatic heterocycles. The molecule has 6 nitrogen and oxygen atoms in total. The zero-order chi connectivity index (χ0) is 15.4. The van der Waals surface area contributed by atoms with Crippen molar-refractivity contribution < 1.29 is 14.3 Å². The third-order valence-electron chi connectivity index (χ3n) is 3.86. The van der Waals surface area contributed by atoms with E-state index in [0.717, 1.165) is 10.9 Å². The number of carbonyl (C=O) groups excluding carboxylic acids is 1. The summed E-state index contributed by atoms with van der Waals surface area (Å²) in [5.74, 6) is 0.815. The quantitative estimate of drug-likeness (QED) is 0.787. The molecule has 0 spiro atoms. The molecule has 1 aromatic carbocycles. The van der Waals surface area contributed by atoms with Crippen LogP contribution in [0.4, 0.5) is 0 Å². The van der Waals surface area contributed by atoms with Crippen molar-refractivity contribution in [3.8, 4) is 5.88 Å². The van der Waals surface area contributed by atoms with E-state index in [4.69, 9.17) is 9.47 Å². The third-order valence-corrected chi connectivity index (χ3v) is 3.86. The van der Waals surface area contributed by atoms with E-state index in [1.165, 1.54) is 0 Å². The number of hydrogen-bond donors (Lipinski definition) is 0. The number of morpholine rings is 1. The standard InChI is InChI=1S/C16H21N3O3/c1-18-14-6-3-2-5-13(14)16(17-18)22-10-4-7-15(20)19-8-11-21-12-9-19/h2-3,5-6H,4,7-12H2,1H3. The van der Waals surface area contributed by atoms with E-state index >= 15 is 0 Å². The largest absolute Gasteiger partial charge is 0.476 e. The Morgan fingerprint density at radius 3 is 2.91 bits per heavy atom. The number of nitrogens with zero attached hydrogens (tertiary/aromatic N) is 3. The van der Waals surface area contributed by atoms with Crippen LogP contribution in [-0.4, -0.2) is 53.5 Å². The van der Waals surface area contributed by atoms with Gasteiger partial charge >= 0.3 is 0 Å². The molecule has 1 saturated heterocycles. The number of amides is 1. The summed E-state index contributed by atoms with van der Waals surface area (Å²) in [6.45, 7) is 3.18. The van der Waals surface area contributed by atoms with Crippen molar-refractivity contribution in [2.75, 3.05) is 32.9 Å². The number of hydrogen-bond acceptors (Lipinski definition) is 4. The molecule has 0 atom stereocenters. The minimum Gasteiger partial charge on any atom is -0.476 e. The van der Waals surface area contributed by atoms with Crippen LogP contribution in [0.3, 0.4) is 0 Å². The van der Waals surface area contributed by atoms with E-state index in [2.05, 4.69) is 5.10 Å². The Balaban J connectivity index is 1.49. The zero-order valence-corrected chi connectivity index (χ0v) is 12.8. The number of rotatable bonds is 5. The van der Waals surface area contributed by atoms with Crippen LogP contribution in [0.2, 0.25) is 0 Å². The van der Waals surface area contributed by atoms with Crippen molar-refractivity contribution in [1.82, 2.24) is 14.7 Å². The summed E-state index contributed by atoms with van der Waals surface area (Å²) in [5, 5.41) is 5.38. The molecule has 1 aliphatic rings. The Kier molecular flexibility index (Phi) is 4.58. The van der Waals surface area contributed by atoms with Gasteiger partial charge in [-0.15, -0.1) is 5.10 Å². The zero-order valence-electron chi connectivity index (χ0n) is 12.8. The van der Waals surface area contributed by atoms with Gasteiger partial charge in [0, 0.05) is 26.6 Å². The topological polar surface area (TPSA) is 56.6 Å². The molecule has 2 aromatic rings. The first kappa shape index (κ1) is 14.8. The maximum atomic E-state index is 12.0. The predicted molar refractivity (Wildman–Crippen MR) is 82.8 cm³/mol. The summed E-state index contributed by atoms with van der Waals surface area (Å²) in [6, 6.07) is 7.96. The monoisotopic (exact) mass is 303 g/mol. The van der Waals surface area contributed by atoms with Crippen molar-refractivity contribution in [3.63, 3.8) is 0 Å². The number of para-hydroxylation sites is 1. The van der Waals surface area contributed by atoms with E-state index in [0.29, 0.717) is 51.6 Å². The highest BCUT2D eigenvalue weighted by Crippen LogP contribution is 2.23. The SMILES string of the molecule is Cn1nc(OCCCC(=O)N2CCOCC2)c2ccccc21. The van der Waals surface area contributed by atoms with Gasteiger partial charge in [-0.25, -0.2) is 0 Å². The highest BCUT2D eigenvalue weighted by atomic mass is 16.5. The van der Waals surface area contributed by atoms with Gasteiger partial charge < -0.3 is 14.4 Å². The van der Waals surface area contributed by atoms with Gasteiger partial charge in [0.05, 0.1) is 30.7 Å². The van der Waals surface area contributed by atoms with E-state index < -0.39 is 0 Å². The minimum absolute atomic E-state index is 0.178. The molecule has 22 heavy (non-hydrogen) atoms. The Labute approximate surface area is 129 Å². The smallest absolute Gasteiger partial charge is 0.240 e. The minimum atomic E-state index is 0.178. The third kappa shape index (κ3) is 3.22. The second kappa shape index (κ2) is 6.79. The van der Waals surface area contributed by atoms with Crippen LogP contribution < -0.4 is 4.74 Å². The number of benzene rings is 1. The molecule has 0 unspecified atom stereocenters. The van der Waals surface area contributed by atoms with Crippen LogP contribution in [0.25, 0.3) is 10.9 Å². The maximum Gasteiger partial charge on any atom is 0.240 e. The fourth-order valence-corrected chi connectivity index (χ4v) is 2.65. The first-order chi connectivity index (χ1) is 10.8. The number of carbonyl (C=O) groups is 1. The Bertz CT molecular complexity index is 647. The lowest BCUT2D eigenvalue weighted by Gasteiger charge is -2.26. The summed E-state index contributed by atoms with van der Waals surface area (Å²) in [5.41, 5.74) is 1.04. The molecule has 0 saturated carbocycles. The molecular formula is C16H21N3O3. The predicted octanol–water partition coefficient (Wildman–Crippen LogP) is 1.59. The van der Waals surface area contributed by atoms with Crippen LogP contribution in [0.15, 0.2) is 24.3 Å². The lowest BCUT2D eigenvalue weighted by Crippen LogP contribution is -2.40. The molecule has 0 radical (unpaired) electrons. The van der Waals surface area contributed by atoms with Gasteiger partial charge in [0.25, 0.3) is 0 Å². The molecule has 3 rings (SSSR count). The van der Waals surface area contributed by atoms with Crippen LogP contribution in [0.5, 0.6) is 5.88 Å². The van der Waals surface area contributed by atoms with Crippen molar-refractivity contribution in [1.29, 1.82) is 0 Å². The van der Waals surface area contributed by atoms with Crippen LogP contribution in [0.1, 0.15) is 12.8 Å². The summed E-state index contributed by atoms with van der Waals surface area (Å²) in [6.07, 6.45) is 1.20. The summed E-state index contributed by atoms with van der Waals surface area (Å²) in [7, 11) is 1.90. The number of ether oxygens (including phenoxy) is 2. The molecule has 1 fully saturated rings. The summed E-state index contributed by atoms with van der Waals surface area (Å²) >= 11 is 0. The van der Waals surface area contributed by atoms with E-state index in [1.54, 1.807) is 0 Å². The Hall–Kier alpha value is -2.08. The Morgan fingerprint density at radius 2 is 2.09 bits per heavy atom. The van der Waals surface area contributed by atoms with Gasteiger partial charge in [0.2, 0.25) is 11.8 Å². The second-order valence-electron chi connectivity index (χ2n) is 5.39. The molecule has 0 bridgehead atoms. The normalized spacial score (nSPS) is 15.2. The maximum absolute atomic E-state index is 12.0. The second-order valence-corrected chi connectivity index (χ2v) is 5.39. The summed E-state index contributed by atoms with van der Waals surface area (Å²) in [4.78, 5) is 13.9. The van der Waals surface area contributed by atoms with Gasteiger partial charge in [-0.05, 0) is 18.6 Å². The van der Waals surface area contributed by atoms with Crippen LogP contribution in [-0.2, 0) is 16.6 Å². The molecule has 0 N–H and O–H groups in total. The van der Waals surface area contributed by atoms with Crippen molar-refractivity contribution >= 4 is 16.8 Å². The van der Waals surface area contributed by atoms with Crippen LogP contribution in [0, 0.1) is 0 Å². The fourth-order valence-electron chi connectivity index (χ4n) is 2.65. The van der Waals surface area contributed by atoms with E-state index in [-0.39, 0.29) is 5.91 Å². The number of aromatic nitrogens is 2. The lowest BCUT2D eigenvalue weighted by atomic mass is 10.2. The van der Waals surface area contributed by atoms with E-state index in [9.17, 15) is 4.79 Å². The molecule has 0 aliphatic carbocycles. The van der Waals surface area contributed by atoms with Gasteiger partial charge in [-0.2, -0.15) is 0 Å². The van der Waals surface area contributed by atoms with Crippen molar-refractivity contribution in [3.05, 3.63) is 24.3 Å². The first-order valence-electron chi connectivity index (χ1n) is 7.66. The molecule has 1 aromatic heterocycles. The highest BCUT2D eigenvalue weighted by Gasteiger charge is 2.16. The van der Waals surface area contributed by atoms with Gasteiger partial charge in [0.15, 0.2) is 0 Å². The number of aryl methyl sites for hydroxylation is 1. The fraction of sp³-hybridized carbons (Fsp3) is 0.500. The van der Waals surface area contributed by atoms with Crippen LogP contribution >= 0.6 is 0 Å². The molecular weight excluding hydrogens is 282 g/mol. The molecule has 1 amide bonds. The number of fused-ring (bicyclic) bond motifs is 1. The molecule has 6 heteroatoms. The highest BCUT2D eigenvalue weighted by molar-refractivity contribution is 5.84. The van der Waals surface area contributed by atoms with Crippen molar-refractivity contribution in [2.45, 2.75) is 12.8 Å². The van der Waals surface area contributed by atoms with E-state index in [1.807, 2.05) is 40.9 Å². The first-order valence-corrected chi connectivity index (χ1v) is 7.66. The van der Waals surface area contributed by atoms with Crippen molar-refractivity contribution in [2.24, 2.45) is 7.05 Å². The lowest BCUT2D eigenvalue weighted by molar-refractivity contribution is -0.135. The Morgan fingerprint density at radius 1 is 1.32 bits per heavy atom.